The number of halogens is 1. The molecule has 1 aromatic rings. The third kappa shape index (κ3) is 3.34. The molecule has 0 aromatic heterocycles. The number of hydrogen-bond acceptors (Lipinski definition) is 2. The highest BCUT2D eigenvalue weighted by Gasteiger charge is 2.08. The summed E-state index contributed by atoms with van der Waals surface area (Å²) < 4.78 is 12.7. The van der Waals surface area contributed by atoms with Crippen molar-refractivity contribution >= 4 is 5.69 Å². The molecular formula is C11H16FNO. The second kappa shape index (κ2) is 4.96. The van der Waals surface area contributed by atoms with Crippen LogP contribution >= 0.6 is 0 Å². The Kier molecular flexibility index (Phi) is 3.89. The van der Waals surface area contributed by atoms with Gasteiger partial charge in [-0.2, -0.15) is 0 Å². The molecule has 1 atom stereocenters. The second-order valence-corrected chi connectivity index (χ2v) is 3.70. The maximum Gasteiger partial charge on any atom is 0.125 e. The Bertz CT molecular complexity index is 288. The summed E-state index contributed by atoms with van der Waals surface area (Å²) in [6.45, 7) is 4.33. The molecule has 1 unspecified atom stereocenters. The van der Waals surface area contributed by atoms with Gasteiger partial charge in [0.15, 0.2) is 0 Å². The second-order valence-electron chi connectivity index (χ2n) is 3.70. The molecule has 0 fully saturated rings. The Morgan fingerprint density at radius 3 is 2.71 bits per heavy atom. The molecular weight excluding hydrogens is 181 g/mol. The van der Waals surface area contributed by atoms with Crippen molar-refractivity contribution in [2.24, 2.45) is 5.92 Å². The average Bonchev–Trinajstić information content (AvgIpc) is 2.14. The van der Waals surface area contributed by atoms with Gasteiger partial charge in [0.05, 0.1) is 6.10 Å². The van der Waals surface area contributed by atoms with Gasteiger partial charge in [0.1, 0.15) is 5.82 Å². The predicted molar refractivity (Wildman–Crippen MR) is 55.7 cm³/mol. The summed E-state index contributed by atoms with van der Waals surface area (Å²) in [5.74, 6) is -0.0647. The molecule has 78 valence electrons. The molecule has 0 amide bonds. The fraction of sp³-hybridized carbons (Fsp3) is 0.455. The van der Waals surface area contributed by atoms with Gasteiger partial charge in [-0.05, 0) is 24.1 Å². The van der Waals surface area contributed by atoms with Crippen LogP contribution < -0.4 is 5.32 Å². The molecule has 0 heterocycles. The third-order valence-electron chi connectivity index (χ3n) is 2.11. The van der Waals surface area contributed by atoms with Crippen molar-refractivity contribution in [1.82, 2.24) is 0 Å². The van der Waals surface area contributed by atoms with E-state index in [4.69, 9.17) is 0 Å². The minimum absolute atomic E-state index is 0.205. The maximum absolute atomic E-state index is 12.7. The summed E-state index contributed by atoms with van der Waals surface area (Å²) in [6, 6.07) is 6.21. The van der Waals surface area contributed by atoms with Crippen molar-refractivity contribution in [2.75, 3.05) is 11.9 Å². The first-order valence-corrected chi connectivity index (χ1v) is 4.77. The first-order chi connectivity index (χ1) is 6.59. The Hall–Kier alpha value is -1.09. The summed E-state index contributed by atoms with van der Waals surface area (Å²) in [7, 11) is 0. The quantitative estimate of drug-likeness (QED) is 0.776. The van der Waals surface area contributed by atoms with Gasteiger partial charge >= 0.3 is 0 Å². The zero-order chi connectivity index (χ0) is 10.6. The first kappa shape index (κ1) is 11.0. The molecule has 14 heavy (non-hydrogen) atoms. The number of benzene rings is 1. The van der Waals surface area contributed by atoms with Crippen molar-refractivity contribution in [3.05, 3.63) is 30.1 Å². The number of aliphatic hydroxyl groups excluding tert-OH is 1. The molecule has 2 nitrogen and oxygen atoms in total. The van der Waals surface area contributed by atoms with Gasteiger partial charge in [-0.25, -0.2) is 4.39 Å². The normalized spacial score (nSPS) is 12.9. The molecule has 2 N–H and O–H groups in total. The molecule has 0 aliphatic rings. The largest absolute Gasteiger partial charge is 0.391 e. The van der Waals surface area contributed by atoms with Crippen LogP contribution in [0.4, 0.5) is 10.1 Å². The van der Waals surface area contributed by atoms with Crippen LogP contribution in [0.2, 0.25) is 0 Å². The Morgan fingerprint density at radius 1 is 1.43 bits per heavy atom. The van der Waals surface area contributed by atoms with Gasteiger partial charge in [0.25, 0.3) is 0 Å². The fourth-order valence-electron chi connectivity index (χ4n) is 1.06. The minimum Gasteiger partial charge on any atom is -0.391 e. The molecule has 0 aliphatic heterocycles. The van der Waals surface area contributed by atoms with Crippen molar-refractivity contribution < 1.29 is 9.50 Å². The number of rotatable bonds is 4. The van der Waals surface area contributed by atoms with Crippen molar-refractivity contribution in [3.63, 3.8) is 0 Å². The van der Waals surface area contributed by atoms with Gasteiger partial charge in [-0.15, -0.1) is 0 Å². The summed E-state index contributed by atoms with van der Waals surface area (Å²) in [6.07, 6.45) is -0.404. The molecule has 0 radical (unpaired) electrons. The monoisotopic (exact) mass is 197 g/mol. The van der Waals surface area contributed by atoms with Crippen LogP contribution in [0.5, 0.6) is 0 Å². The van der Waals surface area contributed by atoms with Crippen LogP contribution in [0.25, 0.3) is 0 Å². The van der Waals surface area contributed by atoms with Gasteiger partial charge < -0.3 is 10.4 Å². The zero-order valence-corrected chi connectivity index (χ0v) is 8.50. The molecule has 0 aliphatic carbocycles. The zero-order valence-electron chi connectivity index (χ0n) is 8.50. The Morgan fingerprint density at radius 2 is 2.14 bits per heavy atom. The van der Waals surface area contributed by atoms with Crippen molar-refractivity contribution in [1.29, 1.82) is 0 Å². The molecule has 1 aromatic carbocycles. The van der Waals surface area contributed by atoms with Crippen LogP contribution in [-0.4, -0.2) is 17.8 Å². The Balaban J connectivity index is 2.45. The van der Waals surface area contributed by atoms with E-state index in [2.05, 4.69) is 5.32 Å². The lowest BCUT2D eigenvalue weighted by Crippen LogP contribution is -2.24. The first-order valence-electron chi connectivity index (χ1n) is 4.77. The summed E-state index contributed by atoms with van der Waals surface area (Å²) in [5.41, 5.74) is 0.699. The highest BCUT2D eigenvalue weighted by atomic mass is 19.1. The van der Waals surface area contributed by atoms with E-state index in [-0.39, 0.29) is 11.7 Å². The van der Waals surface area contributed by atoms with Crippen LogP contribution in [0, 0.1) is 11.7 Å². The van der Waals surface area contributed by atoms with Gasteiger partial charge in [-0.3, -0.25) is 0 Å². The molecule has 0 saturated carbocycles. The van der Waals surface area contributed by atoms with Crippen LogP contribution in [0.15, 0.2) is 24.3 Å². The van der Waals surface area contributed by atoms with E-state index in [1.165, 1.54) is 12.1 Å². The van der Waals surface area contributed by atoms with Gasteiger partial charge in [-0.1, -0.05) is 19.9 Å². The minimum atomic E-state index is -0.404. The lowest BCUT2D eigenvalue weighted by Gasteiger charge is -2.15. The number of nitrogens with one attached hydrogen (secondary N) is 1. The number of hydrogen-bond donors (Lipinski definition) is 2. The molecule has 0 saturated heterocycles. The fourth-order valence-corrected chi connectivity index (χ4v) is 1.06. The van der Waals surface area contributed by atoms with E-state index in [9.17, 15) is 9.50 Å². The average molecular weight is 197 g/mol. The highest BCUT2D eigenvalue weighted by Crippen LogP contribution is 2.10. The van der Waals surface area contributed by atoms with E-state index < -0.39 is 6.10 Å². The highest BCUT2D eigenvalue weighted by molar-refractivity contribution is 5.43. The third-order valence-corrected chi connectivity index (χ3v) is 2.11. The summed E-state index contributed by atoms with van der Waals surface area (Å²) in [4.78, 5) is 0. The molecule has 3 heteroatoms. The lowest BCUT2D eigenvalue weighted by atomic mass is 10.1. The van der Waals surface area contributed by atoms with Gasteiger partial charge in [0, 0.05) is 12.2 Å². The molecule has 0 spiro atoms. The van der Waals surface area contributed by atoms with E-state index in [1.54, 1.807) is 12.1 Å². The van der Waals surface area contributed by atoms with Crippen molar-refractivity contribution in [3.8, 4) is 0 Å². The number of anilines is 1. The maximum atomic E-state index is 12.7. The van der Waals surface area contributed by atoms with Crippen LogP contribution in [0.3, 0.4) is 0 Å². The van der Waals surface area contributed by atoms with Crippen LogP contribution in [0.1, 0.15) is 13.8 Å². The molecule has 1 rings (SSSR count). The van der Waals surface area contributed by atoms with Gasteiger partial charge in [0.2, 0.25) is 0 Å². The summed E-state index contributed by atoms with van der Waals surface area (Å²) >= 11 is 0. The van der Waals surface area contributed by atoms with Crippen LogP contribution in [-0.2, 0) is 0 Å². The smallest absolute Gasteiger partial charge is 0.125 e. The SMILES string of the molecule is CC(C)C(O)CNc1cccc(F)c1. The van der Waals surface area contributed by atoms with E-state index in [0.717, 1.165) is 0 Å². The van der Waals surface area contributed by atoms with E-state index in [0.29, 0.717) is 12.2 Å². The Labute approximate surface area is 83.8 Å². The van der Waals surface area contributed by atoms with Crippen molar-refractivity contribution in [2.45, 2.75) is 20.0 Å². The van der Waals surface area contributed by atoms with E-state index in [1.807, 2.05) is 13.8 Å². The topological polar surface area (TPSA) is 32.3 Å². The predicted octanol–water partition coefficient (Wildman–Crippen LogP) is 2.25. The summed E-state index contributed by atoms with van der Waals surface area (Å²) in [5, 5.41) is 12.5. The standard InChI is InChI=1S/C11H16FNO/c1-8(2)11(14)7-13-10-5-3-4-9(12)6-10/h3-6,8,11,13-14H,7H2,1-2H3. The molecule has 0 bridgehead atoms. The lowest BCUT2D eigenvalue weighted by molar-refractivity contribution is 0.138. The van der Waals surface area contributed by atoms with E-state index >= 15 is 0 Å². The number of aliphatic hydroxyl groups is 1.